The summed E-state index contributed by atoms with van der Waals surface area (Å²) in [4.78, 5) is 25.9. The van der Waals surface area contributed by atoms with Gasteiger partial charge in [0, 0.05) is 37.1 Å². The molecular formula is C16H18BrF3N2O2. The number of nitrogens with zero attached hydrogens (tertiary/aromatic N) is 2. The van der Waals surface area contributed by atoms with Gasteiger partial charge in [0.15, 0.2) is 0 Å². The van der Waals surface area contributed by atoms with Crippen LogP contribution in [-0.2, 0) is 16.0 Å². The number of carbonyl (C=O) groups is 2. The van der Waals surface area contributed by atoms with E-state index >= 15 is 0 Å². The van der Waals surface area contributed by atoms with E-state index in [0.717, 1.165) is 14.9 Å². The van der Waals surface area contributed by atoms with E-state index in [1.54, 1.807) is 4.90 Å². The minimum absolute atomic E-state index is 0.0227. The average Bonchev–Trinajstić information content (AvgIpc) is 2.78. The van der Waals surface area contributed by atoms with Crippen molar-refractivity contribution in [3.63, 3.8) is 0 Å². The third kappa shape index (κ3) is 5.22. The van der Waals surface area contributed by atoms with Crippen molar-refractivity contribution in [1.29, 1.82) is 0 Å². The first-order valence-electron chi connectivity index (χ1n) is 7.65. The maximum absolute atomic E-state index is 12.5. The SMILES string of the molecule is O=C(CCc1ccc(Br)cc1)N1CCCN(C(=O)C(F)(F)F)CC1. The maximum Gasteiger partial charge on any atom is 0.471 e. The number of aryl methyl sites for hydroxylation is 1. The molecule has 24 heavy (non-hydrogen) atoms. The highest BCUT2D eigenvalue weighted by Crippen LogP contribution is 2.20. The molecule has 2 rings (SSSR count). The molecule has 8 heteroatoms. The number of carbonyl (C=O) groups excluding carboxylic acids is 2. The molecule has 4 nitrogen and oxygen atoms in total. The monoisotopic (exact) mass is 406 g/mol. The first kappa shape index (κ1) is 18.8. The molecule has 1 aromatic rings. The predicted octanol–water partition coefficient (Wildman–Crippen LogP) is 3.00. The lowest BCUT2D eigenvalue weighted by Gasteiger charge is -2.23. The van der Waals surface area contributed by atoms with Gasteiger partial charge >= 0.3 is 12.1 Å². The Labute approximate surface area is 146 Å². The molecule has 132 valence electrons. The van der Waals surface area contributed by atoms with Crippen LogP contribution in [0.5, 0.6) is 0 Å². The third-order valence-electron chi connectivity index (χ3n) is 3.92. The molecule has 1 fully saturated rings. The van der Waals surface area contributed by atoms with E-state index in [-0.39, 0.29) is 25.5 Å². The van der Waals surface area contributed by atoms with E-state index in [1.165, 1.54) is 0 Å². The quantitative estimate of drug-likeness (QED) is 0.773. The Morgan fingerprint density at radius 2 is 1.58 bits per heavy atom. The van der Waals surface area contributed by atoms with Crippen molar-refractivity contribution in [2.24, 2.45) is 0 Å². The third-order valence-corrected chi connectivity index (χ3v) is 4.45. The van der Waals surface area contributed by atoms with Crippen LogP contribution >= 0.6 is 15.9 Å². The summed E-state index contributed by atoms with van der Waals surface area (Å²) in [5.41, 5.74) is 1.02. The zero-order chi connectivity index (χ0) is 17.7. The molecule has 0 N–H and O–H groups in total. The van der Waals surface area contributed by atoms with Crippen molar-refractivity contribution in [2.75, 3.05) is 26.2 Å². The normalized spacial score (nSPS) is 16.0. The minimum Gasteiger partial charge on any atom is -0.341 e. The Bertz CT molecular complexity index is 590. The van der Waals surface area contributed by atoms with Crippen LogP contribution in [0.1, 0.15) is 18.4 Å². The number of benzene rings is 1. The molecule has 0 spiro atoms. The summed E-state index contributed by atoms with van der Waals surface area (Å²) in [5, 5.41) is 0. The van der Waals surface area contributed by atoms with Crippen LogP contribution in [0.4, 0.5) is 13.2 Å². The van der Waals surface area contributed by atoms with E-state index in [4.69, 9.17) is 0 Å². The molecule has 0 aromatic heterocycles. The Morgan fingerprint density at radius 3 is 2.21 bits per heavy atom. The van der Waals surface area contributed by atoms with Crippen molar-refractivity contribution in [3.8, 4) is 0 Å². The molecule has 0 atom stereocenters. The van der Waals surface area contributed by atoms with Gasteiger partial charge in [0.25, 0.3) is 0 Å². The Kier molecular flexibility index (Phi) is 6.26. The summed E-state index contributed by atoms with van der Waals surface area (Å²) in [6.07, 6.45) is -3.63. The summed E-state index contributed by atoms with van der Waals surface area (Å²) >= 11 is 3.34. The number of amides is 2. The molecule has 1 heterocycles. The molecule has 0 bridgehead atoms. The minimum atomic E-state index is -4.86. The fourth-order valence-electron chi connectivity index (χ4n) is 2.61. The van der Waals surface area contributed by atoms with Gasteiger partial charge in [-0.05, 0) is 30.5 Å². The van der Waals surface area contributed by atoms with E-state index in [0.29, 0.717) is 25.8 Å². The van der Waals surface area contributed by atoms with Crippen LogP contribution in [0.25, 0.3) is 0 Å². The molecule has 2 amide bonds. The number of hydrogen-bond acceptors (Lipinski definition) is 2. The Hall–Kier alpha value is -1.57. The smallest absolute Gasteiger partial charge is 0.341 e. The summed E-state index contributed by atoms with van der Waals surface area (Å²) in [6.45, 7) is 0.457. The number of rotatable bonds is 3. The second kappa shape index (κ2) is 8.00. The zero-order valence-corrected chi connectivity index (χ0v) is 14.6. The number of halogens is 4. The zero-order valence-electron chi connectivity index (χ0n) is 13.0. The van der Waals surface area contributed by atoms with Gasteiger partial charge in [-0.3, -0.25) is 9.59 Å². The lowest BCUT2D eigenvalue weighted by Crippen LogP contribution is -2.43. The first-order valence-corrected chi connectivity index (χ1v) is 8.45. The van der Waals surface area contributed by atoms with Crippen molar-refractivity contribution in [1.82, 2.24) is 9.80 Å². The van der Waals surface area contributed by atoms with Gasteiger partial charge in [-0.15, -0.1) is 0 Å². The van der Waals surface area contributed by atoms with Crippen molar-refractivity contribution < 1.29 is 22.8 Å². The van der Waals surface area contributed by atoms with E-state index in [1.807, 2.05) is 24.3 Å². The summed E-state index contributed by atoms with van der Waals surface area (Å²) in [5.74, 6) is -1.93. The number of alkyl halides is 3. The van der Waals surface area contributed by atoms with Crippen molar-refractivity contribution in [3.05, 3.63) is 34.3 Å². The number of hydrogen-bond donors (Lipinski definition) is 0. The lowest BCUT2D eigenvalue weighted by molar-refractivity contribution is -0.185. The molecule has 0 saturated carbocycles. The van der Waals surface area contributed by atoms with E-state index in [2.05, 4.69) is 15.9 Å². The van der Waals surface area contributed by atoms with E-state index < -0.39 is 12.1 Å². The van der Waals surface area contributed by atoms with Gasteiger partial charge in [-0.2, -0.15) is 13.2 Å². The van der Waals surface area contributed by atoms with Gasteiger partial charge in [-0.1, -0.05) is 28.1 Å². The van der Waals surface area contributed by atoms with Crippen LogP contribution in [0.15, 0.2) is 28.7 Å². The van der Waals surface area contributed by atoms with E-state index in [9.17, 15) is 22.8 Å². The molecule has 1 saturated heterocycles. The summed E-state index contributed by atoms with van der Waals surface area (Å²) < 4.78 is 38.4. The molecule has 0 radical (unpaired) electrons. The Balaban J connectivity index is 1.85. The van der Waals surface area contributed by atoms with Crippen LogP contribution in [0, 0.1) is 0 Å². The highest BCUT2D eigenvalue weighted by atomic mass is 79.9. The second-order valence-electron chi connectivity index (χ2n) is 5.65. The average molecular weight is 407 g/mol. The molecule has 0 aliphatic carbocycles. The van der Waals surface area contributed by atoms with Crippen LogP contribution in [0.3, 0.4) is 0 Å². The summed E-state index contributed by atoms with van der Waals surface area (Å²) in [7, 11) is 0. The fraction of sp³-hybridized carbons (Fsp3) is 0.500. The second-order valence-corrected chi connectivity index (χ2v) is 6.57. The largest absolute Gasteiger partial charge is 0.471 e. The van der Waals surface area contributed by atoms with Crippen LogP contribution in [-0.4, -0.2) is 54.0 Å². The Morgan fingerprint density at radius 1 is 1.00 bits per heavy atom. The molecule has 1 aliphatic rings. The van der Waals surface area contributed by atoms with Crippen LogP contribution in [0.2, 0.25) is 0 Å². The first-order chi connectivity index (χ1) is 11.3. The molecule has 0 unspecified atom stereocenters. The highest BCUT2D eigenvalue weighted by Gasteiger charge is 2.42. The van der Waals surface area contributed by atoms with Crippen molar-refractivity contribution >= 4 is 27.7 Å². The van der Waals surface area contributed by atoms with Crippen molar-refractivity contribution in [2.45, 2.75) is 25.4 Å². The standard InChI is InChI=1S/C16H18BrF3N2O2/c17-13-5-2-12(3-6-13)4-7-14(23)21-8-1-9-22(11-10-21)15(24)16(18,19)20/h2-3,5-6H,1,4,7-11H2. The van der Waals surface area contributed by atoms with Gasteiger partial charge in [0.1, 0.15) is 0 Å². The molecule has 1 aliphatic heterocycles. The van der Waals surface area contributed by atoms with Gasteiger partial charge in [0.2, 0.25) is 5.91 Å². The van der Waals surface area contributed by atoms with Gasteiger partial charge in [-0.25, -0.2) is 0 Å². The maximum atomic E-state index is 12.5. The highest BCUT2D eigenvalue weighted by molar-refractivity contribution is 9.10. The lowest BCUT2D eigenvalue weighted by atomic mass is 10.1. The predicted molar refractivity (Wildman–Crippen MR) is 86.3 cm³/mol. The fourth-order valence-corrected chi connectivity index (χ4v) is 2.87. The summed E-state index contributed by atoms with van der Waals surface area (Å²) in [6, 6.07) is 7.63. The molecule has 1 aromatic carbocycles. The van der Waals surface area contributed by atoms with Crippen LogP contribution < -0.4 is 0 Å². The molecular weight excluding hydrogens is 389 g/mol. The van der Waals surface area contributed by atoms with Gasteiger partial charge < -0.3 is 9.80 Å². The topological polar surface area (TPSA) is 40.6 Å². The van der Waals surface area contributed by atoms with Gasteiger partial charge in [0.05, 0.1) is 0 Å².